The van der Waals surface area contributed by atoms with Gasteiger partial charge in [-0.3, -0.25) is 19.5 Å². The Hall–Kier alpha value is -3.79. The first-order valence-corrected chi connectivity index (χ1v) is 10.9. The Kier molecular flexibility index (Phi) is 7.11. The third-order valence-corrected chi connectivity index (χ3v) is 5.69. The molecule has 0 radical (unpaired) electrons. The molecule has 2 aromatic carbocycles. The maximum atomic E-state index is 13.1. The van der Waals surface area contributed by atoms with Crippen LogP contribution in [0.15, 0.2) is 66.9 Å². The van der Waals surface area contributed by atoms with Crippen molar-refractivity contribution < 1.29 is 27.2 Å². The van der Waals surface area contributed by atoms with Gasteiger partial charge < -0.3 is 10.2 Å². The van der Waals surface area contributed by atoms with Crippen LogP contribution in [0.3, 0.4) is 0 Å². The van der Waals surface area contributed by atoms with Gasteiger partial charge in [-0.05, 0) is 54.1 Å². The molecule has 3 aromatic rings. The summed E-state index contributed by atoms with van der Waals surface area (Å²) in [5, 5.41) is 2.49. The van der Waals surface area contributed by atoms with Gasteiger partial charge in [0.1, 0.15) is 11.5 Å². The fourth-order valence-electron chi connectivity index (χ4n) is 3.73. The Balaban J connectivity index is 1.30. The molecule has 2 heterocycles. The number of halogens is 4. The monoisotopic (exact) mass is 486 g/mol. The zero-order valence-electron chi connectivity index (χ0n) is 18.6. The van der Waals surface area contributed by atoms with Crippen LogP contribution in [-0.4, -0.2) is 52.8 Å². The molecule has 0 unspecified atom stereocenters. The number of hydrogen-bond donors (Lipinski definition) is 1. The van der Waals surface area contributed by atoms with E-state index in [1.807, 2.05) is 0 Å². The van der Waals surface area contributed by atoms with E-state index < -0.39 is 17.6 Å². The molecule has 0 saturated carbocycles. The highest BCUT2D eigenvalue weighted by Crippen LogP contribution is 2.29. The minimum Gasteiger partial charge on any atom is -0.336 e. The molecule has 6 nitrogen and oxygen atoms in total. The van der Waals surface area contributed by atoms with Gasteiger partial charge in [0.15, 0.2) is 0 Å². The van der Waals surface area contributed by atoms with Gasteiger partial charge in [0.05, 0.1) is 11.1 Å². The van der Waals surface area contributed by atoms with Crippen molar-refractivity contribution in [1.29, 1.82) is 0 Å². The maximum absolute atomic E-state index is 13.1. The van der Waals surface area contributed by atoms with Crippen molar-refractivity contribution in [1.82, 2.24) is 14.8 Å². The molecule has 182 valence electrons. The molecule has 35 heavy (non-hydrogen) atoms. The maximum Gasteiger partial charge on any atom is 0.416 e. The van der Waals surface area contributed by atoms with E-state index in [0.29, 0.717) is 38.3 Å². The molecule has 10 heteroatoms. The Bertz CT molecular complexity index is 1170. The topological polar surface area (TPSA) is 65.5 Å². The first kappa shape index (κ1) is 24.3. The summed E-state index contributed by atoms with van der Waals surface area (Å²) in [5.41, 5.74) is 0.755. The molecule has 1 aromatic heterocycles. The molecule has 4 rings (SSSR count). The van der Waals surface area contributed by atoms with Gasteiger partial charge >= 0.3 is 6.18 Å². The molecule has 1 aliphatic heterocycles. The van der Waals surface area contributed by atoms with Crippen molar-refractivity contribution in [2.75, 3.05) is 31.5 Å². The normalized spacial score (nSPS) is 14.6. The summed E-state index contributed by atoms with van der Waals surface area (Å²) >= 11 is 0. The van der Waals surface area contributed by atoms with Gasteiger partial charge in [0.2, 0.25) is 0 Å². The predicted molar refractivity (Wildman–Crippen MR) is 121 cm³/mol. The van der Waals surface area contributed by atoms with E-state index in [9.17, 15) is 27.2 Å². The van der Waals surface area contributed by atoms with Crippen molar-refractivity contribution in [3.8, 4) is 0 Å². The first-order chi connectivity index (χ1) is 16.7. The van der Waals surface area contributed by atoms with Gasteiger partial charge in [-0.1, -0.05) is 12.1 Å². The molecular weight excluding hydrogens is 464 g/mol. The quantitative estimate of drug-likeness (QED) is 0.542. The molecule has 1 saturated heterocycles. The van der Waals surface area contributed by atoms with E-state index in [4.69, 9.17) is 0 Å². The number of rotatable bonds is 5. The summed E-state index contributed by atoms with van der Waals surface area (Å²) in [7, 11) is 0. The number of nitrogens with one attached hydrogen (secondary N) is 1. The summed E-state index contributed by atoms with van der Waals surface area (Å²) < 4.78 is 51.1. The average Bonchev–Trinajstić information content (AvgIpc) is 2.85. The number of benzene rings is 2. The van der Waals surface area contributed by atoms with E-state index in [0.717, 1.165) is 29.8 Å². The van der Waals surface area contributed by atoms with E-state index in [-0.39, 0.29) is 23.1 Å². The first-order valence-electron chi connectivity index (χ1n) is 10.9. The molecule has 0 bridgehead atoms. The minimum atomic E-state index is -4.46. The number of carbonyl (C=O) groups is 2. The van der Waals surface area contributed by atoms with Crippen LogP contribution in [0.2, 0.25) is 0 Å². The van der Waals surface area contributed by atoms with Crippen LogP contribution in [0.4, 0.5) is 23.2 Å². The number of nitrogens with zero attached hydrogens (tertiary/aromatic N) is 3. The van der Waals surface area contributed by atoms with Crippen LogP contribution in [0.5, 0.6) is 0 Å². The van der Waals surface area contributed by atoms with Crippen LogP contribution in [-0.2, 0) is 12.7 Å². The number of aromatic nitrogens is 1. The molecular formula is C25H22F4N4O2. The van der Waals surface area contributed by atoms with Crippen LogP contribution in [0.25, 0.3) is 0 Å². The number of anilines is 1. The van der Waals surface area contributed by atoms with Crippen molar-refractivity contribution in [3.63, 3.8) is 0 Å². The lowest BCUT2D eigenvalue weighted by Gasteiger charge is -2.34. The summed E-state index contributed by atoms with van der Waals surface area (Å²) in [6.07, 6.45) is -3.14. The third-order valence-electron chi connectivity index (χ3n) is 5.69. The SMILES string of the molecule is O=C(Nc1ccc(C(F)(F)F)cc1)c1ccc(C(=O)N2CCN(Cc3ccc(F)cc3)CC2)cn1. The van der Waals surface area contributed by atoms with E-state index in [1.165, 1.54) is 30.5 Å². The summed E-state index contributed by atoms with van der Waals surface area (Å²) in [4.78, 5) is 33.1. The molecule has 2 amide bonds. The standard InChI is InChI=1S/C25H22F4N4O2/c26-20-6-1-17(2-7-20)16-32-11-13-33(14-12-32)24(35)18-3-10-22(30-15-18)23(34)31-21-8-4-19(5-9-21)25(27,28)29/h1-10,15H,11-14,16H2,(H,31,34). The Morgan fingerprint density at radius 2 is 1.54 bits per heavy atom. The highest BCUT2D eigenvalue weighted by Gasteiger charge is 2.30. The number of pyridine rings is 1. The number of amides is 2. The molecule has 0 atom stereocenters. The van der Waals surface area contributed by atoms with Crippen LogP contribution >= 0.6 is 0 Å². The van der Waals surface area contributed by atoms with Gasteiger partial charge in [-0.2, -0.15) is 13.2 Å². The summed E-state index contributed by atoms with van der Waals surface area (Å²) in [6.45, 7) is 3.06. The predicted octanol–water partition coefficient (Wildman–Crippen LogP) is 4.45. The van der Waals surface area contributed by atoms with Crippen molar-refractivity contribution in [2.45, 2.75) is 12.7 Å². The number of carbonyl (C=O) groups excluding carboxylic acids is 2. The number of hydrogen-bond acceptors (Lipinski definition) is 4. The van der Waals surface area contributed by atoms with Crippen LogP contribution < -0.4 is 5.32 Å². The van der Waals surface area contributed by atoms with Gasteiger partial charge in [-0.25, -0.2) is 4.39 Å². The van der Waals surface area contributed by atoms with Crippen LogP contribution in [0.1, 0.15) is 32.0 Å². The summed E-state index contributed by atoms with van der Waals surface area (Å²) in [5.74, 6) is -1.08. The number of piperazine rings is 1. The van der Waals surface area contributed by atoms with E-state index in [2.05, 4.69) is 15.2 Å². The minimum absolute atomic E-state index is 0.0329. The van der Waals surface area contributed by atoms with Crippen LogP contribution in [0, 0.1) is 5.82 Å². The Morgan fingerprint density at radius 1 is 0.886 bits per heavy atom. The fourth-order valence-corrected chi connectivity index (χ4v) is 3.73. The summed E-state index contributed by atoms with van der Waals surface area (Å²) in [6, 6.07) is 13.3. The highest BCUT2D eigenvalue weighted by molar-refractivity contribution is 6.03. The Labute approximate surface area is 199 Å². The third kappa shape index (κ3) is 6.21. The largest absolute Gasteiger partial charge is 0.416 e. The van der Waals surface area contributed by atoms with Gasteiger partial charge in [0.25, 0.3) is 11.8 Å². The molecule has 1 fully saturated rings. The molecule has 0 spiro atoms. The van der Waals surface area contributed by atoms with Crippen molar-refractivity contribution in [2.24, 2.45) is 0 Å². The van der Waals surface area contributed by atoms with E-state index in [1.54, 1.807) is 17.0 Å². The van der Waals surface area contributed by atoms with Crippen molar-refractivity contribution >= 4 is 17.5 Å². The smallest absolute Gasteiger partial charge is 0.336 e. The lowest BCUT2D eigenvalue weighted by atomic mass is 10.1. The molecule has 0 aliphatic carbocycles. The highest BCUT2D eigenvalue weighted by atomic mass is 19.4. The Morgan fingerprint density at radius 3 is 2.11 bits per heavy atom. The molecule has 1 aliphatic rings. The molecule has 1 N–H and O–H groups in total. The average molecular weight is 486 g/mol. The zero-order valence-corrected chi connectivity index (χ0v) is 18.6. The second-order valence-electron chi connectivity index (χ2n) is 8.16. The fraction of sp³-hybridized carbons (Fsp3) is 0.240. The lowest BCUT2D eigenvalue weighted by Crippen LogP contribution is -2.48. The van der Waals surface area contributed by atoms with Crippen molar-refractivity contribution in [3.05, 3.63) is 95.1 Å². The second-order valence-corrected chi connectivity index (χ2v) is 8.16. The van der Waals surface area contributed by atoms with Gasteiger partial charge in [0, 0.05) is 44.6 Å². The second kappa shape index (κ2) is 10.2. The van der Waals surface area contributed by atoms with Gasteiger partial charge in [-0.15, -0.1) is 0 Å². The zero-order chi connectivity index (χ0) is 25.0. The lowest BCUT2D eigenvalue weighted by molar-refractivity contribution is -0.137. The number of alkyl halides is 3. The van der Waals surface area contributed by atoms with E-state index >= 15 is 0 Å².